The third-order valence-electron chi connectivity index (χ3n) is 5.26. The number of carbonyl (C=O) groups excluding carboxylic acids is 5. The Bertz CT molecular complexity index is 881. The van der Waals surface area contributed by atoms with Gasteiger partial charge in [-0.25, -0.2) is 0 Å². The highest BCUT2D eigenvalue weighted by Crippen LogP contribution is 2.15. The van der Waals surface area contributed by atoms with E-state index in [1.165, 1.54) is 13.3 Å². The molecule has 0 aromatic heterocycles. The molecule has 10 nitrogen and oxygen atoms in total. The Hall–Kier alpha value is -3.27. The van der Waals surface area contributed by atoms with Crippen LogP contribution in [0.4, 0.5) is 0 Å². The number of piperidine rings is 1. The lowest BCUT2D eigenvalue weighted by Crippen LogP contribution is -2.50. The highest BCUT2D eigenvalue weighted by atomic mass is 16.2. The van der Waals surface area contributed by atoms with E-state index in [0.717, 1.165) is 37.4 Å². The zero-order chi connectivity index (χ0) is 29.8. The molecule has 39 heavy (non-hydrogen) atoms. The van der Waals surface area contributed by atoms with Gasteiger partial charge in [-0.2, -0.15) is 0 Å². The van der Waals surface area contributed by atoms with Crippen molar-refractivity contribution in [3.8, 4) is 0 Å². The summed E-state index contributed by atoms with van der Waals surface area (Å²) < 4.78 is 0. The second-order valence-corrected chi connectivity index (χ2v) is 10.3. The van der Waals surface area contributed by atoms with Crippen molar-refractivity contribution in [3.05, 3.63) is 35.9 Å². The van der Waals surface area contributed by atoms with Crippen molar-refractivity contribution in [2.45, 2.75) is 73.4 Å². The lowest BCUT2D eigenvalue weighted by molar-refractivity contribution is -0.138. The van der Waals surface area contributed by atoms with Gasteiger partial charge in [0.15, 0.2) is 0 Å². The van der Waals surface area contributed by atoms with Crippen LogP contribution in [0.2, 0.25) is 0 Å². The van der Waals surface area contributed by atoms with E-state index in [1.54, 1.807) is 0 Å². The first kappa shape index (κ1) is 35.7. The zero-order valence-corrected chi connectivity index (χ0v) is 24.8. The second-order valence-electron chi connectivity index (χ2n) is 10.3. The summed E-state index contributed by atoms with van der Waals surface area (Å²) in [5.41, 5.74) is 0.844. The summed E-state index contributed by atoms with van der Waals surface area (Å²) in [6, 6.07) is 8.18. The number of nitrogens with zero attached hydrogens (tertiary/aromatic N) is 1. The molecule has 1 saturated heterocycles. The van der Waals surface area contributed by atoms with Gasteiger partial charge in [-0.1, -0.05) is 71.4 Å². The van der Waals surface area contributed by atoms with Crippen LogP contribution in [0.5, 0.6) is 0 Å². The van der Waals surface area contributed by atoms with Crippen LogP contribution < -0.4 is 21.3 Å². The third kappa shape index (κ3) is 17.8. The van der Waals surface area contributed by atoms with Crippen molar-refractivity contribution in [3.63, 3.8) is 0 Å². The van der Waals surface area contributed by atoms with E-state index < -0.39 is 36.1 Å². The molecule has 1 fully saturated rings. The Morgan fingerprint density at radius 3 is 1.95 bits per heavy atom. The molecule has 1 aliphatic rings. The first-order chi connectivity index (χ1) is 18.4. The highest BCUT2D eigenvalue weighted by molar-refractivity contribution is 6.37. The molecule has 220 valence electrons. The van der Waals surface area contributed by atoms with Crippen LogP contribution >= 0.6 is 0 Å². The van der Waals surface area contributed by atoms with Crippen LogP contribution in [-0.4, -0.2) is 73.6 Å². The number of Topliss-reactive ketones (excluding diaryl/α,β-unsaturated/α-hetero) is 1. The van der Waals surface area contributed by atoms with E-state index in [0.29, 0.717) is 0 Å². The number of hydrogen-bond donors (Lipinski definition) is 4. The van der Waals surface area contributed by atoms with E-state index in [9.17, 15) is 24.0 Å². The number of ketones is 1. The van der Waals surface area contributed by atoms with Gasteiger partial charge in [0.25, 0.3) is 5.91 Å². The summed E-state index contributed by atoms with van der Waals surface area (Å²) in [4.78, 5) is 62.2. The quantitative estimate of drug-likeness (QED) is 0.331. The lowest BCUT2D eigenvalue weighted by atomic mass is 9.96. The first-order valence-electron chi connectivity index (χ1n) is 13.8. The molecule has 1 aliphatic heterocycles. The van der Waals surface area contributed by atoms with Gasteiger partial charge in [-0.05, 0) is 51.4 Å². The van der Waals surface area contributed by atoms with Gasteiger partial charge in [-0.3, -0.25) is 24.0 Å². The van der Waals surface area contributed by atoms with Crippen LogP contribution in [-0.2, 0) is 30.5 Å². The lowest BCUT2D eigenvalue weighted by Gasteiger charge is -2.28. The van der Waals surface area contributed by atoms with E-state index >= 15 is 0 Å². The van der Waals surface area contributed by atoms with Crippen molar-refractivity contribution in [2.24, 2.45) is 11.8 Å². The minimum Gasteiger partial charge on any atom is -0.347 e. The van der Waals surface area contributed by atoms with Crippen LogP contribution in [0.15, 0.2) is 30.3 Å². The Morgan fingerprint density at radius 2 is 1.41 bits per heavy atom. The minimum atomic E-state index is -0.928. The average molecular weight is 548 g/mol. The topological polar surface area (TPSA) is 137 Å². The number of nitrogens with one attached hydrogen (secondary N) is 4. The van der Waals surface area contributed by atoms with Crippen molar-refractivity contribution < 1.29 is 24.0 Å². The van der Waals surface area contributed by atoms with Crippen molar-refractivity contribution >= 4 is 29.4 Å². The van der Waals surface area contributed by atoms with Gasteiger partial charge in [-0.15, -0.1) is 0 Å². The zero-order valence-electron chi connectivity index (χ0n) is 24.8. The number of carbonyl (C=O) groups is 5. The molecule has 1 aromatic carbocycles. The minimum absolute atomic E-state index is 0.112. The number of hydrogen-bond acceptors (Lipinski definition) is 6. The van der Waals surface area contributed by atoms with Gasteiger partial charge in [0.2, 0.25) is 23.5 Å². The Labute approximate surface area is 234 Å². The molecular formula is C29H49N5O5. The van der Waals surface area contributed by atoms with E-state index in [2.05, 4.69) is 60.8 Å². The fraction of sp³-hybridized carbons (Fsp3) is 0.621. The second kappa shape index (κ2) is 20.7. The molecule has 0 radical (unpaired) electrons. The summed E-state index contributed by atoms with van der Waals surface area (Å²) >= 11 is 0. The van der Waals surface area contributed by atoms with Crippen LogP contribution in [0.25, 0.3) is 0 Å². The Balaban J connectivity index is 0.00000185. The molecular weight excluding hydrogens is 498 g/mol. The molecule has 0 aliphatic carbocycles. The standard InChI is InChI=1S/C22H31N5O5.C4H10.C3H8/c1-15(26-19(29)14-25-21(31)17-8-10-27(2)11-9-17)20(30)24-13-18(28)22(32)23-12-16-6-4-3-5-7-16;1-4(2)3;1-3-2/h3-7,15,17H,8-14H2,1-2H3,(H,23,32)(H,24,30)(H,25,31)(H,26,29);4H,1-3H3;3H2,1-2H3/t15-;;/m0../s1. The molecule has 1 aromatic rings. The molecule has 4 N–H and O–H groups in total. The smallest absolute Gasteiger partial charge is 0.289 e. The largest absolute Gasteiger partial charge is 0.347 e. The summed E-state index contributed by atoms with van der Waals surface area (Å²) in [7, 11) is 2.00. The van der Waals surface area contributed by atoms with Crippen LogP contribution in [0, 0.1) is 11.8 Å². The van der Waals surface area contributed by atoms with Gasteiger partial charge < -0.3 is 26.2 Å². The first-order valence-corrected chi connectivity index (χ1v) is 13.8. The maximum Gasteiger partial charge on any atom is 0.289 e. The van der Waals surface area contributed by atoms with E-state index in [-0.39, 0.29) is 24.9 Å². The SMILES string of the molecule is CC(C)C.CCC.C[C@H](NC(=O)CNC(=O)C1CCN(C)CC1)C(=O)NCC(=O)C(=O)NCc1ccccc1. The number of amides is 4. The molecule has 1 heterocycles. The molecule has 10 heteroatoms. The summed E-state index contributed by atoms with van der Waals surface area (Å²) in [6.07, 6.45) is 2.74. The molecule has 0 spiro atoms. The predicted octanol–water partition coefficient (Wildman–Crippen LogP) is 2.03. The molecule has 2 rings (SSSR count). The Morgan fingerprint density at radius 1 is 0.872 bits per heavy atom. The van der Waals surface area contributed by atoms with Gasteiger partial charge in [0.05, 0.1) is 13.1 Å². The fourth-order valence-corrected chi connectivity index (χ4v) is 3.22. The predicted molar refractivity (Wildman–Crippen MR) is 154 cm³/mol. The molecule has 0 saturated carbocycles. The van der Waals surface area contributed by atoms with Crippen LogP contribution in [0.3, 0.4) is 0 Å². The maximum absolute atomic E-state index is 12.1. The third-order valence-corrected chi connectivity index (χ3v) is 5.26. The van der Waals surface area contributed by atoms with Gasteiger partial charge in [0, 0.05) is 12.5 Å². The van der Waals surface area contributed by atoms with Gasteiger partial charge in [0.1, 0.15) is 6.04 Å². The normalized spacial score (nSPS) is 13.9. The summed E-state index contributed by atoms with van der Waals surface area (Å²) in [5, 5.41) is 9.87. The molecule has 0 bridgehead atoms. The number of rotatable bonds is 10. The monoisotopic (exact) mass is 547 g/mol. The van der Waals surface area contributed by atoms with Crippen molar-refractivity contribution in [2.75, 3.05) is 33.2 Å². The molecule has 0 unspecified atom stereocenters. The number of benzene rings is 1. The Kier molecular flexibility index (Phi) is 18.9. The van der Waals surface area contributed by atoms with E-state index in [4.69, 9.17) is 0 Å². The van der Waals surface area contributed by atoms with Crippen molar-refractivity contribution in [1.82, 2.24) is 26.2 Å². The number of likely N-dealkylation sites (tertiary alicyclic amines) is 1. The maximum atomic E-state index is 12.1. The van der Waals surface area contributed by atoms with E-state index in [1.807, 2.05) is 37.4 Å². The van der Waals surface area contributed by atoms with Gasteiger partial charge >= 0.3 is 0 Å². The van der Waals surface area contributed by atoms with Crippen molar-refractivity contribution in [1.29, 1.82) is 0 Å². The average Bonchev–Trinajstić information content (AvgIpc) is 2.89. The summed E-state index contributed by atoms with van der Waals surface area (Å²) in [5.74, 6) is -2.16. The molecule has 1 atom stereocenters. The van der Waals surface area contributed by atoms with Crippen LogP contribution in [0.1, 0.15) is 66.4 Å². The summed E-state index contributed by atoms with van der Waals surface area (Å²) in [6.45, 7) is 13.4. The fourth-order valence-electron chi connectivity index (χ4n) is 3.22. The highest BCUT2D eigenvalue weighted by Gasteiger charge is 2.24. The molecule has 4 amide bonds.